The SMILES string of the molecule is C[C-](C)C.Cl.Cl.[CH2]=[Zr].[c-]1cc2ccccc2[nH]1.c1ccc2[cH-]ccc2c1. The van der Waals surface area contributed by atoms with Gasteiger partial charge in [0.05, 0.1) is 0 Å². The summed E-state index contributed by atoms with van der Waals surface area (Å²) < 4.78 is 3.34. The molecular weight excluding hydrogens is 440 g/mol. The van der Waals surface area contributed by atoms with Crippen molar-refractivity contribution >= 4 is 50.7 Å². The number of para-hydroxylation sites is 1. The summed E-state index contributed by atoms with van der Waals surface area (Å²) >= 11 is 1.30. The molecule has 0 fully saturated rings. The fraction of sp³-hybridized carbons (Fsp3) is 0.136. The monoisotopic (exact) mass is 464 g/mol. The van der Waals surface area contributed by atoms with Gasteiger partial charge in [-0.2, -0.15) is 49.7 Å². The van der Waals surface area contributed by atoms with Crippen LogP contribution in [0.3, 0.4) is 0 Å². The first-order valence-corrected chi connectivity index (χ1v) is 9.57. The maximum absolute atomic E-state index is 3.34. The first kappa shape index (κ1) is 27.1. The van der Waals surface area contributed by atoms with E-state index in [0.717, 1.165) is 5.52 Å². The summed E-state index contributed by atoms with van der Waals surface area (Å²) in [5, 5.41) is 3.88. The first-order chi connectivity index (χ1) is 11.7. The van der Waals surface area contributed by atoms with Crippen molar-refractivity contribution in [3.63, 3.8) is 0 Å². The third kappa shape index (κ3) is 10.2. The molecule has 26 heavy (non-hydrogen) atoms. The third-order valence-corrected chi connectivity index (χ3v) is 2.94. The van der Waals surface area contributed by atoms with Gasteiger partial charge in [-0.1, -0.05) is 18.2 Å². The van der Waals surface area contributed by atoms with Crippen molar-refractivity contribution in [2.45, 2.75) is 20.8 Å². The second-order valence-corrected chi connectivity index (χ2v) is 5.66. The topological polar surface area (TPSA) is 15.8 Å². The van der Waals surface area contributed by atoms with Gasteiger partial charge < -0.3 is 10.9 Å². The molecule has 0 radical (unpaired) electrons. The minimum atomic E-state index is 0. The van der Waals surface area contributed by atoms with Crippen molar-refractivity contribution in [3.8, 4) is 0 Å². The molecule has 4 heteroatoms. The van der Waals surface area contributed by atoms with E-state index in [1.807, 2.05) is 24.3 Å². The Kier molecular flexibility index (Phi) is 16.8. The number of benzene rings is 2. The molecule has 0 spiro atoms. The molecule has 0 unspecified atom stereocenters. The summed E-state index contributed by atoms with van der Waals surface area (Å²) in [5.74, 6) is 1.42. The van der Waals surface area contributed by atoms with Crippen LogP contribution >= 0.6 is 24.8 Å². The molecule has 0 saturated carbocycles. The molecule has 3 aromatic carbocycles. The average Bonchev–Trinajstić information content (AvgIpc) is 3.26. The summed E-state index contributed by atoms with van der Waals surface area (Å²) in [6, 6.07) is 24.7. The molecule has 0 aliphatic heterocycles. The number of aromatic nitrogens is 1. The predicted molar refractivity (Wildman–Crippen MR) is 119 cm³/mol. The van der Waals surface area contributed by atoms with E-state index >= 15 is 0 Å². The van der Waals surface area contributed by atoms with Crippen LogP contribution in [-0.2, 0) is 24.2 Å². The fourth-order valence-corrected chi connectivity index (χ4v) is 2.00. The minimum Gasteiger partial charge on any atom is -0.477 e. The molecule has 0 aliphatic carbocycles. The van der Waals surface area contributed by atoms with E-state index < -0.39 is 0 Å². The number of hydrogen-bond donors (Lipinski definition) is 1. The van der Waals surface area contributed by atoms with Crippen molar-refractivity contribution in [2.75, 3.05) is 0 Å². The van der Waals surface area contributed by atoms with E-state index in [2.05, 4.69) is 84.7 Å². The fourth-order valence-electron chi connectivity index (χ4n) is 2.00. The molecular formula is C22H26Cl2NZr-3. The van der Waals surface area contributed by atoms with Gasteiger partial charge in [0.1, 0.15) is 0 Å². The molecule has 0 bridgehead atoms. The van der Waals surface area contributed by atoms with E-state index in [1.165, 1.54) is 46.3 Å². The standard InChI is InChI=1S/C9H7.C8H6N.C4H9.CH2.2ClH.Zr/c1-2-5-9-7-3-6-8(9)4-1;1-2-4-8-7(3-1)5-6-9-8;1-4(2)3;;;;/h1-7H;1-5,9H;1-3H3;1H2;2*1H;/q3*-1;;;;. The molecule has 0 saturated heterocycles. The molecule has 4 rings (SSSR count). The predicted octanol–water partition coefficient (Wildman–Crippen LogP) is 6.96. The molecule has 1 heterocycles. The number of H-pyrrole nitrogens is 1. The normalized spacial score (nSPS) is 8.58. The van der Waals surface area contributed by atoms with E-state index in [0.29, 0.717) is 0 Å². The Morgan fingerprint density at radius 3 is 2.00 bits per heavy atom. The summed E-state index contributed by atoms with van der Waals surface area (Å²) in [5.41, 5.74) is 1.15. The summed E-state index contributed by atoms with van der Waals surface area (Å²) in [6.07, 6.45) is 2.91. The second-order valence-electron chi connectivity index (χ2n) is 5.66. The van der Waals surface area contributed by atoms with Gasteiger partial charge in [0, 0.05) is 0 Å². The first-order valence-electron chi connectivity index (χ1n) is 7.83. The summed E-state index contributed by atoms with van der Waals surface area (Å²) in [7, 11) is 0. The Balaban J connectivity index is 0. The van der Waals surface area contributed by atoms with E-state index in [9.17, 15) is 0 Å². The van der Waals surface area contributed by atoms with Gasteiger partial charge in [-0.15, -0.1) is 78.3 Å². The number of halogens is 2. The van der Waals surface area contributed by atoms with Crippen molar-refractivity contribution in [1.29, 1.82) is 0 Å². The zero-order valence-electron chi connectivity index (χ0n) is 15.5. The number of rotatable bonds is 0. The van der Waals surface area contributed by atoms with Crippen LogP contribution in [0.25, 0.3) is 21.7 Å². The van der Waals surface area contributed by atoms with E-state index in [1.54, 1.807) is 0 Å². The van der Waals surface area contributed by atoms with Gasteiger partial charge >= 0.3 is 28.4 Å². The Bertz CT molecular complexity index is 692. The Morgan fingerprint density at radius 2 is 1.42 bits per heavy atom. The van der Waals surface area contributed by atoms with Gasteiger partial charge in [-0.05, 0) is 0 Å². The van der Waals surface area contributed by atoms with Crippen LogP contribution in [-0.4, -0.2) is 9.20 Å². The number of hydrogen-bond acceptors (Lipinski definition) is 0. The molecule has 1 nitrogen and oxygen atoms in total. The van der Waals surface area contributed by atoms with E-state index in [4.69, 9.17) is 0 Å². The van der Waals surface area contributed by atoms with E-state index in [-0.39, 0.29) is 24.8 Å². The third-order valence-electron chi connectivity index (χ3n) is 2.94. The Labute approximate surface area is 184 Å². The van der Waals surface area contributed by atoms with Crippen LogP contribution in [0.1, 0.15) is 20.8 Å². The zero-order chi connectivity index (χ0) is 17.8. The molecule has 140 valence electrons. The van der Waals surface area contributed by atoms with Crippen LogP contribution in [0.5, 0.6) is 0 Å². The summed E-state index contributed by atoms with van der Waals surface area (Å²) in [4.78, 5) is 2.99. The van der Waals surface area contributed by atoms with Crippen LogP contribution in [0.15, 0.2) is 72.8 Å². The number of nitrogens with one attached hydrogen (secondary N) is 1. The minimum absolute atomic E-state index is 0. The number of aromatic amines is 1. The molecule has 4 aromatic rings. The maximum Gasteiger partial charge on any atom is -0.0745 e. The van der Waals surface area contributed by atoms with Crippen molar-refractivity contribution < 1.29 is 24.2 Å². The Hall–Kier alpha value is -1.08. The largest absolute Gasteiger partial charge is 0.477 e. The van der Waals surface area contributed by atoms with Crippen LogP contribution in [0, 0.1) is 12.1 Å². The smallest absolute Gasteiger partial charge is 0.0745 e. The molecule has 0 aliphatic rings. The van der Waals surface area contributed by atoms with Crippen molar-refractivity contribution in [3.05, 3.63) is 84.9 Å². The Morgan fingerprint density at radius 1 is 0.885 bits per heavy atom. The second kappa shape index (κ2) is 16.1. The van der Waals surface area contributed by atoms with Crippen LogP contribution in [0.4, 0.5) is 0 Å². The van der Waals surface area contributed by atoms with Gasteiger partial charge in [-0.3, -0.25) is 0 Å². The molecule has 0 atom stereocenters. The van der Waals surface area contributed by atoms with Crippen molar-refractivity contribution in [1.82, 2.24) is 4.98 Å². The van der Waals surface area contributed by atoms with Crippen molar-refractivity contribution in [2.24, 2.45) is 0 Å². The maximum atomic E-state index is 3.34. The average molecular weight is 467 g/mol. The molecule has 0 amide bonds. The van der Waals surface area contributed by atoms with Gasteiger partial charge in [0.2, 0.25) is 0 Å². The van der Waals surface area contributed by atoms with Gasteiger partial charge in [-0.25, -0.2) is 0 Å². The van der Waals surface area contributed by atoms with Gasteiger partial charge in [0.25, 0.3) is 0 Å². The van der Waals surface area contributed by atoms with Crippen LogP contribution < -0.4 is 0 Å². The molecule has 1 aromatic heterocycles. The molecule has 1 N–H and O–H groups in total. The quantitative estimate of drug-likeness (QED) is 0.270. The zero-order valence-corrected chi connectivity index (χ0v) is 19.5. The van der Waals surface area contributed by atoms with Gasteiger partial charge in [0.15, 0.2) is 0 Å². The van der Waals surface area contributed by atoms with Crippen LogP contribution in [0.2, 0.25) is 0 Å². The summed E-state index contributed by atoms with van der Waals surface area (Å²) in [6.45, 7) is 6.25. The number of fused-ring (bicyclic) bond motifs is 2.